The van der Waals surface area contributed by atoms with Crippen molar-refractivity contribution in [3.8, 4) is 0 Å². The molecule has 0 atom stereocenters. The molecule has 26 heavy (non-hydrogen) atoms. The third kappa shape index (κ3) is 2.86. The number of hydrogen-bond acceptors (Lipinski definition) is 4. The van der Waals surface area contributed by atoms with Crippen LogP contribution in [0.15, 0.2) is 36.5 Å². The highest BCUT2D eigenvalue weighted by Crippen LogP contribution is 2.45. The van der Waals surface area contributed by atoms with Crippen LogP contribution in [0.4, 0.5) is 4.79 Å². The van der Waals surface area contributed by atoms with Gasteiger partial charge in [0.1, 0.15) is 5.69 Å². The van der Waals surface area contributed by atoms with E-state index in [-0.39, 0.29) is 17.1 Å². The standard InChI is InChI=1S/C19H26N6O/c1-24(2)19(15-6-4-3-5-7-15)10-8-18(9-11-19)14-25(17(26)21-18)13-16-12-20-23-22-16/h3-7,12H,8-11,13-14H2,1-2H3,(H,21,26)(H,20,22,23). The quantitative estimate of drug-likeness (QED) is 0.881. The first kappa shape index (κ1) is 17.0. The average Bonchev–Trinajstić information content (AvgIpc) is 3.25. The molecule has 2 amide bonds. The van der Waals surface area contributed by atoms with Gasteiger partial charge in [0, 0.05) is 18.3 Å². The number of hydrogen-bond donors (Lipinski definition) is 2. The second kappa shape index (κ2) is 6.39. The molecule has 2 aromatic rings. The maximum Gasteiger partial charge on any atom is 0.318 e. The van der Waals surface area contributed by atoms with Gasteiger partial charge in [-0.05, 0) is 45.3 Å². The highest BCUT2D eigenvalue weighted by Gasteiger charge is 2.49. The first-order chi connectivity index (χ1) is 12.5. The van der Waals surface area contributed by atoms with Gasteiger partial charge >= 0.3 is 6.03 Å². The Bertz CT molecular complexity index is 750. The van der Waals surface area contributed by atoms with Crippen molar-refractivity contribution in [2.45, 2.75) is 43.3 Å². The fourth-order valence-electron chi connectivity index (χ4n) is 4.58. The third-order valence-corrected chi connectivity index (χ3v) is 6.17. The van der Waals surface area contributed by atoms with E-state index >= 15 is 0 Å². The molecule has 1 aliphatic heterocycles. The van der Waals surface area contributed by atoms with Crippen molar-refractivity contribution in [3.05, 3.63) is 47.8 Å². The van der Waals surface area contributed by atoms with E-state index in [2.05, 4.69) is 70.1 Å². The molecule has 2 N–H and O–H groups in total. The van der Waals surface area contributed by atoms with Crippen molar-refractivity contribution in [3.63, 3.8) is 0 Å². The first-order valence-electron chi connectivity index (χ1n) is 9.18. The Morgan fingerprint density at radius 3 is 2.50 bits per heavy atom. The summed E-state index contributed by atoms with van der Waals surface area (Å²) in [5.41, 5.74) is 2.06. The highest BCUT2D eigenvalue weighted by atomic mass is 16.2. The first-order valence-corrected chi connectivity index (χ1v) is 9.18. The summed E-state index contributed by atoms with van der Waals surface area (Å²) in [6, 6.07) is 10.7. The Hall–Kier alpha value is -2.41. The summed E-state index contributed by atoms with van der Waals surface area (Å²) < 4.78 is 0. The number of benzene rings is 1. The molecular weight excluding hydrogens is 328 g/mol. The Labute approximate surface area is 153 Å². The lowest BCUT2D eigenvalue weighted by Gasteiger charge is -2.48. The molecular formula is C19H26N6O. The predicted octanol–water partition coefficient (Wildman–Crippen LogP) is 2.10. The Morgan fingerprint density at radius 2 is 1.88 bits per heavy atom. The molecule has 2 heterocycles. The molecule has 1 aromatic heterocycles. The lowest BCUT2D eigenvalue weighted by atomic mass is 9.69. The zero-order valence-electron chi connectivity index (χ0n) is 15.4. The van der Waals surface area contributed by atoms with Crippen molar-refractivity contribution in [1.82, 2.24) is 30.5 Å². The predicted molar refractivity (Wildman–Crippen MR) is 98.3 cm³/mol. The Balaban J connectivity index is 1.49. The minimum atomic E-state index is -0.130. The molecule has 2 fully saturated rings. The highest BCUT2D eigenvalue weighted by molar-refractivity contribution is 5.78. The topological polar surface area (TPSA) is 77.2 Å². The molecule has 0 bridgehead atoms. The zero-order chi connectivity index (χ0) is 18.2. The van der Waals surface area contributed by atoms with Gasteiger partial charge in [-0.25, -0.2) is 4.79 Å². The van der Waals surface area contributed by atoms with Crippen molar-refractivity contribution < 1.29 is 4.79 Å². The molecule has 7 nitrogen and oxygen atoms in total. The molecule has 1 aliphatic carbocycles. The number of nitrogens with one attached hydrogen (secondary N) is 2. The normalized spacial score (nSPS) is 28.7. The molecule has 2 aliphatic rings. The molecule has 4 rings (SSSR count). The van der Waals surface area contributed by atoms with E-state index in [1.54, 1.807) is 6.20 Å². The van der Waals surface area contributed by atoms with Gasteiger partial charge in [-0.3, -0.25) is 10.00 Å². The summed E-state index contributed by atoms with van der Waals surface area (Å²) >= 11 is 0. The molecule has 0 unspecified atom stereocenters. The second-order valence-electron chi connectivity index (χ2n) is 7.82. The van der Waals surface area contributed by atoms with Crippen LogP contribution in [0.2, 0.25) is 0 Å². The van der Waals surface area contributed by atoms with Crippen LogP contribution in [0.1, 0.15) is 36.9 Å². The van der Waals surface area contributed by atoms with Crippen LogP contribution in [0.3, 0.4) is 0 Å². The summed E-state index contributed by atoms with van der Waals surface area (Å²) in [5, 5.41) is 13.7. The van der Waals surface area contributed by atoms with Crippen LogP contribution in [0.5, 0.6) is 0 Å². The number of nitrogens with zero attached hydrogens (tertiary/aromatic N) is 4. The van der Waals surface area contributed by atoms with E-state index in [9.17, 15) is 4.79 Å². The fraction of sp³-hybridized carbons (Fsp3) is 0.526. The fourth-order valence-corrected chi connectivity index (χ4v) is 4.58. The van der Waals surface area contributed by atoms with Crippen LogP contribution < -0.4 is 5.32 Å². The van der Waals surface area contributed by atoms with Gasteiger partial charge in [-0.2, -0.15) is 0 Å². The number of carbonyl (C=O) groups is 1. The SMILES string of the molecule is CN(C)C1(c2ccccc2)CCC2(CC1)CN(Cc1c[nH]nn1)C(=O)N2. The van der Waals surface area contributed by atoms with Gasteiger partial charge in [0.05, 0.1) is 12.1 Å². The molecule has 0 radical (unpaired) electrons. The summed E-state index contributed by atoms with van der Waals surface area (Å²) in [7, 11) is 4.32. The van der Waals surface area contributed by atoms with Crippen LogP contribution in [-0.2, 0) is 12.1 Å². The van der Waals surface area contributed by atoms with Gasteiger partial charge < -0.3 is 10.2 Å². The van der Waals surface area contributed by atoms with E-state index in [1.165, 1.54) is 5.56 Å². The minimum absolute atomic E-state index is 0.00469. The van der Waals surface area contributed by atoms with Gasteiger partial charge in [0.25, 0.3) is 0 Å². The summed E-state index contributed by atoms with van der Waals surface area (Å²) in [6.45, 7) is 1.23. The molecule has 1 spiro atoms. The maximum absolute atomic E-state index is 12.5. The number of aromatic nitrogens is 3. The van der Waals surface area contributed by atoms with Crippen molar-refractivity contribution in [1.29, 1.82) is 0 Å². The minimum Gasteiger partial charge on any atom is -0.331 e. The maximum atomic E-state index is 12.5. The van der Waals surface area contributed by atoms with Gasteiger partial charge in [-0.15, -0.1) is 5.10 Å². The Morgan fingerprint density at radius 1 is 1.15 bits per heavy atom. The average molecular weight is 354 g/mol. The number of urea groups is 1. The van der Waals surface area contributed by atoms with E-state index < -0.39 is 0 Å². The van der Waals surface area contributed by atoms with Gasteiger partial charge in [0.15, 0.2) is 0 Å². The lowest BCUT2D eigenvalue weighted by molar-refractivity contribution is 0.0617. The van der Waals surface area contributed by atoms with Crippen LogP contribution in [0.25, 0.3) is 0 Å². The van der Waals surface area contributed by atoms with Crippen LogP contribution >= 0.6 is 0 Å². The number of aromatic amines is 1. The van der Waals surface area contributed by atoms with Crippen molar-refractivity contribution >= 4 is 6.03 Å². The van der Waals surface area contributed by atoms with Crippen molar-refractivity contribution in [2.75, 3.05) is 20.6 Å². The number of amides is 2. The van der Waals surface area contributed by atoms with Gasteiger partial charge in [0.2, 0.25) is 0 Å². The third-order valence-electron chi connectivity index (χ3n) is 6.17. The summed E-state index contributed by atoms with van der Waals surface area (Å²) in [4.78, 5) is 16.7. The van der Waals surface area contributed by atoms with Crippen LogP contribution in [0, 0.1) is 0 Å². The number of carbonyl (C=O) groups excluding carboxylic acids is 1. The molecule has 7 heteroatoms. The largest absolute Gasteiger partial charge is 0.331 e. The number of rotatable bonds is 4. The van der Waals surface area contributed by atoms with Crippen LogP contribution in [-0.4, -0.2) is 57.4 Å². The molecule has 1 saturated heterocycles. The molecule has 1 aromatic carbocycles. The van der Waals surface area contributed by atoms with E-state index in [1.807, 2.05) is 4.90 Å². The van der Waals surface area contributed by atoms with E-state index in [0.717, 1.165) is 37.9 Å². The monoisotopic (exact) mass is 354 g/mol. The molecule has 138 valence electrons. The summed E-state index contributed by atoms with van der Waals surface area (Å²) in [6.07, 6.45) is 5.75. The van der Waals surface area contributed by atoms with E-state index in [0.29, 0.717) is 6.54 Å². The zero-order valence-corrected chi connectivity index (χ0v) is 15.4. The van der Waals surface area contributed by atoms with E-state index in [4.69, 9.17) is 0 Å². The second-order valence-corrected chi connectivity index (χ2v) is 7.82. The lowest BCUT2D eigenvalue weighted by Crippen LogP contribution is -2.54. The smallest absolute Gasteiger partial charge is 0.318 e. The van der Waals surface area contributed by atoms with Gasteiger partial charge in [-0.1, -0.05) is 35.5 Å². The van der Waals surface area contributed by atoms with Crippen molar-refractivity contribution in [2.24, 2.45) is 0 Å². The molecule has 1 saturated carbocycles. The summed E-state index contributed by atoms with van der Waals surface area (Å²) in [5.74, 6) is 0. The number of H-pyrrole nitrogens is 1. The Kier molecular flexibility index (Phi) is 4.19.